The minimum atomic E-state index is -1.96. The third-order valence-corrected chi connectivity index (χ3v) is 8.01. The molecule has 5 rings (SSSR count). The van der Waals surface area contributed by atoms with Crippen LogP contribution in [0.2, 0.25) is 0 Å². The number of pyridine rings is 2. The van der Waals surface area contributed by atoms with Gasteiger partial charge in [-0.05, 0) is 51.8 Å². The zero-order valence-electron chi connectivity index (χ0n) is 25.7. The first-order chi connectivity index (χ1) is 20.6. The quantitative estimate of drug-likeness (QED) is 0.334. The van der Waals surface area contributed by atoms with Crippen molar-refractivity contribution in [3.8, 4) is 17.1 Å². The van der Waals surface area contributed by atoms with Gasteiger partial charge in [-0.2, -0.15) is 0 Å². The molecule has 0 spiro atoms. The molecule has 2 amide bonds. The molecule has 4 heterocycles. The van der Waals surface area contributed by atoms with E-state index in [0.29, 0.717) is 27.9 Å². The summed E-state index contributed by atoms with van der Waals surface area (Å²) in [5.74, 6) is -1.94. The molecule has 1 aromatic carbocycles. The number of cyclic esters (lactones) is 1. The highest BCUT2D eigenvalue weighted by atomic mass is 19.1. The second-order valence-electron chi connectivity index (χ2n) is 12.2. The molecule has 234 valence electrons. The van der Waals surface area contributed by atoms with Gasteiger partial charge in [0.25, 0.3) is 5.56 Å². The number of aliphatic hydroxyl groups is 1. The van der Waals surface area contributed by atoms with Crippen LogP contribution < -0.4 is 10.3 Å². The lowest BCUT2D eigenvalue weighted by Gasteiger charge is -2.31. The van der Waals surface area contributed by atoms with E-state index >= 15 is 4.39 Å². The number of ether oxygens (including phenoxy) is 3. The van der Waals surface area contributed by atoms with Crippen LogP contribution in [-0.4, -0.2) is 75.4 Å². The van der Waals surface area contributed by atoms with E-state index in [1.165, 1.54) is 27.5 Å². The third kappa shape index (κ3) is 5.25. The Morgan fingerprint density at radius 1 is 1.11 bits per heavy atom. The van der Waals surface area contributed by atoms with Crippen LogP contribution in [0.5, 0.6) is 5.75 Å². The Morgan fingerprint density at radius 3 is 2.41 bits per heavy atom. The Kier molecular flexibility index (Phi) is 7.65. The molecular weight excluding hydrogens is 575 g/mol. The van der Waals surface area contributed by atoms with Crippen molar-refractivity contribution >= 4 is 29.1 Å². The summed E-state index contributed by atoms with van der Waals surface area (Å²) in [6.07, 6.45) is -1.35. The molecule has 0 aliphatic carbocycles. The number of benzene rings is 1. The highest BCUT2D eigenvalue weighted by molar-refractivity contribution is 5.90. The van der Waals surface area contributed by atoms with Gasteiger partial charge >= 0.3 is 18.2 Å². The van der Waals surface area contributed by atoms with E-state index in [0.717, 1.165) is 6.07 Å². The van der Waals surface area contributed by atoms with Crippen molar-refractivity contribution in [3.05, 3.63) is 56.6 Å². The van der Waals surface area contributed by atoms with E-state index < -0.39 is 40.7 Å². The minimum Gasteiger partial charge on any atom is -0.458 e. The fraction of sp³-hybridized carbons (Fsp3) is 0.452. The number of aryl methyl sites for hydroxylation is 1. The van der Waals surface area contributed by atoms with Crippen molar-refractivity contribution in [2.45, 2.75) is 65.4 Å². The summed E-state index contributed by atoms with van der Waals surface area (Å²) in [5.41, 5.74) is -0.109. The van der Waals surface area contributed by atoms with Gasteiger partial charge in [-0.3, -0.25) is 4.79 Å². The van der Waals surface area contributed by atoms with Gasteiger partial charge in [0.05, 0.1) is 29.0 Å². The molecule has 0 bridgehead atoms. The van der Waals surface area contributed by atoms with Crippen LogP contribution in [0.25, 0.3) is 22.3 Å². The topological polar surface area (TPSA) is 140 Å². The number of carbonyl (C=O) groups is 3. The molecule has 2 aromatic heterocycles. The van der Waals surface area contributed by atoms with Crippen molar-refractivity contribution < 1.29 is 38.1 Å². The van der Waals surface area contributed by atoms with E-state index in [-0.39, 0.29) is 55.1 Å². The molecule has 13 heteroatoms. The van der Waals surface area contributed by atoms with E-state index in [4.69, 9.17) is 14.2 Å². The molecule has 12 nitrogen and oxygen atoms in total. The summed E-state index contributed by atoms with van der Waals surface area (Å²) in [6.45, 7) is 8.88. The standard InChI is InChI=1S/C31H35FN4O8/c1-8-31(41)20-12-23-25-18(14-36(23)26(37)19(20)15-42-27(31)38)16(2)17-11-24(21(32)13-22(17)33-25)43-28(39)34(6)9-10-35(7)29(40)44-30(3,4)5/h11-13,41H,8-10,14-15H2,1-7H3/t31-/m0/s1. The number of hydrogen-bond acceptors (Lipinski definition) is 9. The van der Waals surface area contributed by atoms with Gasteiger partial charge in [-0.15, -0.1) is 0 Å². The Bertz CT molecular complexity index is 1780. The molecule has 2 aliphatic heterocycles. The van der Waals surface area contributed by atoms with Gasteiger partial charge in [0, 0.05) is 49.8 Å². The van der Waals surface area contributed by atoms with Gasteiger partial charge < -0.3 is 33.7 Å². The lowest BCUT2D eigenvalue weighted by atomic mass is 9.86. The highest BCUT2D eigenvalue weighted by Crippen LogP contribution is 2.40. The molecule has 0 saturated heterocycles. The number of hydrogen-bond donors (Lipinski definition) is 1. The van der Waals surface area contributed by atoms with E-state index in [1.807, 2.05) is 0 Å². The maximum atomic E-state index is 15.2. The van der Waals surface area contributed by atoms with E-state index in [2.05, 4.69) is 4.98 Å². The summed E-state index contributed by atoms with van der Waals surface area (Å²) in [6, 6.07) is 4.14. The van der Waals surface area contributed by atoms with Crippen molar-refractivity contribution in [1.29, 1.82) is 0 Å². The maximum Gasteiger partial charge on any atom is 0.415 e. The van der Waals surface area contributed by atoms with Crippen LogP contribution in [0.3, 0.4) is 0 Å². The fourth-order valence-corrected chi connectivity index (χ4v) is 5.35. The van der Waals surface area contributed by atoms with E-state index in [9.17, 15) is 24.3 Å². The molecular formula is C31H35FN4O8. The molecule has 44 heavy (non-hydrogen) atoms. The van der Waals surface area contributed by atoms with Crippen LogP contribution in [0.4, 0.5) is 14.0 Å². The average molecular weight is 611 g/mol. The number of rotatable bonds is 5. The van der Waals surface area contributed by atoms with Crippen molar-refractivity contribution in [2.75, 3.05) is 27.2 Å². The number of nitrogens with zero attached hydrogens (tertiary/aromatic N) is 4. The van der Waals surface area contributed by atoms with E-state index in [1.54, 1.807) is 47.7 Å². The molecule has 0 radical (unpaired) electrons. The molecule has 1 atom stereocenters. The largest absolute Gasteiger partial charge is 0.458 e. The maximum absolute atomic E-state index is 15.2. The first-order valence-electron chi connectivity index (χ1n) is 14.2. The summed E-state index contributed by atoms with van der Waals surface area (Å²) in [4.78, 5) is 58.1. The number of aromatic nitrogens is 2. The molecule has 0 unspecified atom stereocenters. The zero-order chi connectivity index (χ0) is 32.3. The highest BCUT2D eigenvalue weighted by Gasteiger charge is 2.45. The van der Waals surface area contributed by atoms with Crippen LogP contribution in [0, 0.1) is 12.7 Å². The molecule has 3 aromatic rings. The number of halogens is 1. The average Bonchev–Trinajstić information content (AvgIpc) is 3.32. The minimum absolute atomic E-state index is 0.0150. The van der Waals surface area contributed by atoms with Crippen LogP contribution >= 0.6 is 0 Å². The number of carbonyl (C=O) groups excluding carboxylic acids is 3. The second-order valence-corrected chi connectivity index (χ2v) is 12.2. The third-order valence-electron chi connectivity index (χ3n) is 8.01. The zero-order valence-corrected chi connectivity index (χ0v) is 25.7. The van der Waals surface area contributed by atoms with Crippen molar-refractivity contribution in [1.82, 2.24) is 19.4 Å². The van der Waals surface area contributed by atoms with Crippen LogP contribution in [-0.2, 0) is 33.0 Å². The summed E-state index contributed by atoms with van der Waals surface area (Å²) < 4.78 is 32.5. The Labute approximate surface area is 252 Å². The SMILES string of the molecule is CC[C@@]1(O)C(=O)OCc2c1cc1n(c2=O)Cc2c-1nc1cc(F)c(OC(=O)N(C)CCN(C)C(=O)OC(C)(C)C)cc1c2C. The smallest absolute Gasteiger partial charge is 0.415 e. The molecule has 0 fully saturated rings. The first-order valence-corrected chi connectivity index (χ1v) is 14.2. The van der Waals surface area contributed by atoms with Gasteiger partial charge in [0.2, 0.25) is 0 Å². The summed E-state index contributed by atoms with van der Waals surface area (Å²) in [7, 11) is 3.01. The summed E-state index contributed by atoms with van der Waals surface area (Å²) in [5, 5.41) is 11.6. The van der Waals surface area contributed by atoms with Crippen molar-refractivity contribution in [2.24, 2.45) is 0 Å². The van der Waals surface area contributed by atoms with Gasteiger partial charge in [-0.1, -0.05) is 6.92 Å². The lowest BCUT2D eigenvalue weighted by Crippen LogP contribution is -2.44. The first kappa shape index (κ1) is 30.9. The number of fused-ring (bicyclic) bond motifs is 5. The monoisotopic (exact) mass is 610 g/mol. The lowest BCUT2D eigenvalue weighted by molar-refractivity contribution is -0.172. The van der Waals surface area contributed by atoms with Gasteiger partial charge in [0.15, 0.2) is 17.2 Å². The van der Waals surface area contributed by atoms with Crippen LogP contribution in [0.15, 0.2) is 23.0 Å². The van der Waals surface area contributed by atoms with Crippen molar-refractivity contribution in [3.63, 3.8) is 0 Å². The Balaban J connectivity index is 1.41. The second kappa shape index (κ2) is 10.9. The summed E-state index contributed by atoms with van der Waals surface area (Å²) >= 11 is 0. The predicted octanol–water partition coefficient (Wildman–Crippen LogP) is 3.82. The Hall–Kier alpha value is -4.52. The number of likely N-dealkylation sites (N-methyl/N-ethyl adjacent to an activating group) is 2. The van der Waals surface area contributed by atoms with Crippen LogP contribution in [0.1, 0.15) is 56.4 Å². The number of amides is 2. The molecule has 0 saturated carbocycles. The Morgan fingerprint density at radius 2 is 1.77 bits per heavy atom. The molecule has 1 N–H and O–H groups in total. The van der Waals surface area contributed by atoms with Gasteiger partial charge in [0.1, 0.15) is 12.2 Å². The number of esters is 1. The predicted molar refractivity (Wildman–Crippen MR) is 157 cm³/mol. The van der Waals surface area contributed by atoms with Gasteiger partial charge in [-0.25, -0.2) is 23.8 Å². The fourth-order valence-electron chi connectivity index (χ4n) is 5.35. The molecule has 2 aliphatic rings. The normalized spacial score (nSPS) is 17.0.